The fourth-order valence-corrected chi connectivity index (χ4v) is 2.05. The van der Waals surface area contributed by atoms with Crippen molar-refractivity contribution in [2.75, 3.05) is 0 Å². The number of amides is 1. The summed E-state index contributed by atoms with van der Waals surface area (Å²) in [6, 6.07) is 7.30. The van der Waals surface area contributed by atoms with E-state index in [4.69, 9.17) is 34.8 Å². The van der Waals surface area contributed by atoms with Crippen molar-refractivity contribution in [3.8, 4) is 0 Å². The number of hydrogen-bond acceptors (Lipinski definition) is 1. The third-order valence-electron chi connectivity index (χ3n) is 2.52. The van der Waals surface area contributed by atoms with Crippen LogP contribution in [0.3, 0.4) is 0 Å². The van der Waals surface area contributed by atoms with Gasteiger partial charge in [0.05, 0.1) is 5.92 Å². The molecule has 1 unspecified atom stereocenters. The van der Waals surface area contributed by atoms with Crippen LogP contribution in [-0.4, -0.2) is 10.2 Å². The minimum atomic E-state index is -0.857. The van der Waals surface area contributed by atoms with E-state index in [1.807, 2.05) is 12.1 Å². The molecule has 1 N–H and O–H groups in total. The number of nitrogens with one attached hydrogen (secondary N) is 1. The minimum absolute atomic E-state index is 0.0973. The molecule has 0 bridgehead atoms. The summed E-state index contributed by atoms with van der Waals surface area (Å²) in [5.74, 6) is -0.372. The Hall–Kier alpha value is -0.440. The maximum absolute atomic E-state index is 11.6. The van der Waals surface area contributed by atoms with Crippen LogP contribution in [0.5, 0.6) is 0 Å². The van der Waals surface area contributed by atoms with Crippen molar-refractivity contribution in [3.63, 3.8) is 0 Å². The van der Waals surface area contributed by atoms with Crippen molar-refractivity contribution < 1.29 is 4.79 Å². The molecule has 19 heavy (non-hydrogen) atoms. The number of benzene rings is 1. The number of carbonyl (C=O) groups excluding carboxylic acids is 1. The SMILES string of the molecule is CCC.O=C(NCc1ccc(Cl)cc1)C1CC1(Cl)Cl. The summed E-state index contributed by atoms with van der Waals surface area (Å²) in [5.41, 5.74) is 0.994. The van der Waals surface area contributed by atoms with E-state index in [0.717, 1.165) is 5.56 Å². The zero-order valence-electron chi connectivity index (χ0n) is 11.1. The summed E-state index contributed by atoms with van der Waals surface area (Å²) in [6.45, 7) is 4.72. The van der Waals surface area contributed by atoms with Crippen LogP contribution in [0.15, 0.2) is 24.3 Å². The second kappa shape index (κ2) is 7.37. The maximum Gasteiger partial charge on any atom is 0.226 e. The van der Waals surface area contributed by atoms with Crippen LogP contribution in [0.2, 0.25) is 5.02 Å². The van der Waals surface area contributed by atoms with Gasteiger partial charge in [-0.25, -0.2) is 0 Å². The highest BCUT2D eigenvalue weighted by molar-refractivity contribution is 6.52. The van der Waals surface area contributed by atoms with Gasteiger partial charge in [-0.05, 0) is 24.1 Å². The Labute approximate surface area is 129 Å². The molecule has 106 valence electrons. The van der Waals surface area contributed by atoms with Gasteiger partial charge in [-0.2, -0.15) is 0 Å². The quantitative estimate of drug-likeness (QED) is 0.812. The van der Waals surface area contributed by atoms with Crippen LogP contribution in [0.1, 0.15) is 32.3 Å². The molecule has 0 spiro atoms. The lowest BCUT2D eigenvalue weighted by atomic mass is 10.2. The Balaban J connectivity index is 0.000000550. The lowest BCUT2D eigenvalue weighted by Crippen LogP contribution is -2.26. The molecule has 1 aliphatic carbocycles. The molecular weight excluding hydrogens is 305 g/mol. The lowest BCUT2D eigenvalue weighted by Gasteiger charge is -2.05. The zero-order chi connectivity index (χ0) is 14.5. The predicted molar refractivity (Wildman–Crippen MR) is 81.8 cm³/mol. The molecule has 2 rings (SSSR count). The van der Waals surface area contributed by atoms with E-state index in [-0.39, 0.29) is 11.8 Å². The summed E-state index contributed by atoms with van der Waals surface area (Å²) in [7, 11) is 0. The molecule has 0 radical (unpaired) electrons. The Morgan fingerprint density at radius 2 is 1.79 bits per heavy atom. The second-order valence-electron chi connectivity index (χ2n) is 4.57. The molecule has 1 saturated carbocycles. The Bertz CT molecular complexity index is 417. The molecule has 1 fully saturated rings. The van der Waals surface area contributed by atoms with Gasteiger partial charge >= 0.3 is 0 Å². The largest absolute Gasteiger partial charge is 0.352 e. The summed E-state index contributed by atoms with van der Waals surface area (Å²) in [5, 5.41) is 3.46. The first-order chi connectivity index (χ1) is 8.90. The monoisotopic (exact) mass is 321 g/mol. The van der Waals surface area contributed by atoms with Crippen LogP contribution >= 0.6 is 34.8 Å². The van der Waals surface area contributed by atoms with Gasteiger partial charge in [0.25, 0.3) is 0 Å². The van der Waals surface area contributed by atoms with Crippen molar-refractivity contribution in [3.05, 3.63) is 34.9 Å². The highest BCUT2D eigenvalue weighted by atomic mass is 35.5. The second-order valence-corrected chi connectivity index (χ2v) is 6.55. The van der Waals surface area contributed by atoms with Gasteiger partial charge in [-0.1, -0.05) is 44.0 Å². The van der Waals surface area contributed by atoms with E-state index in [2.05, 4.69) is 19.2 Å². The van der Waals surface area contributed by atoms with Crippen molar-refractivity contribution in [2.45, 2.75) is 37.6 Å². The smallest absolute Gasteiger partial charge is 0.226 e. The number of alkyl halides is 2. The summed E-state index contributed by atoms with van der Waals surface area (Å²) in [6.07, 6.45) is 1.78. The average molecular weight is 323 g/mol. The van der Waals surface area contributed by atoms with Gasteiger partial charge in [0, 0.05) is 11.6 Å². The Morgan fingerprint density at radius 1 is 1.32 bits per heavy atom. The first kappa shape index (κ1) is 16.6. The highest BCUT2D eigenvalue weighted by Gasteiger charge is 2.56. The third-order valence-corrected chi connectivity index (χ3v) is 3.61. The molecule has 0 saturated heterocycles. The van der Waals surface area contributed by atoms with E-state index in [0.29, 0.717) is 18.0 Å². The van der Waals surface area contributed by atoms with Gasteiger partial charge in [0.15, 0.2) is 0 Å². The van der Waals surface area contributed by atoms with Crippen molar-refractivity contribution >= 4 is 40.7 Å². The van der Waals surface area contributed by atoms with Crippen molar-refractivity contribution in [1.29, 1.82) is 0 Å². The molecule has 2 nitrogen and oxygen atoms in total. The predicted octanol–water partition coefficient (Wildman–Crippen LogP) is 4.57. The maximum atomic E-state index is 11.6. The van der Waals surface area contributed by atoms with E-state index < -0.39 is 4.33 Å². The Morgan fingerprint density at radius 3 is 2.21 bits per heavy atom. The number of carbonyl (C=O) groups is 1. The van der Waals surface area contributed by atoms with E-state index in [9.17, 15) is 4.79 Å². The highest BCUT2D eigenvalue weighted by Crippen LogP contribution is 2.53. The lowest BCUT2D eigenvalue weighted by molar-refractivity contribution is -0.122. The van der Waals surface area contributed by atoms with Crippen LogP contribution in [0.25, 0.3) is 0 Å². The first-order valence-corrected chi connectivity index (χ1v) is 7.44. The van der Waals surface area contributed by atoms with E-state index in [1.165, 1.54) is 6.42 Å². The fraction of sp³-hybridized carbons (Fsp3) is 0.500. The zero-order valence-corrected chi connectivity index (χ0v) is 13.3. The molecule has 5 heteroatoms. The molecular formula is C14H18Cl3NO. The summed E-state index contributed by atoms with van der Waals surface area (Å²) >= 11 is 17.3. The molecule has 0 aromatic heterocycles. The van der Waals surface area contributed by atoms with Gasteiger partial charge in [-0.15, -0.1) is 23.2 Å². The fourth-order valence-electron chi connectivity index (χ4n) is 1.41. The number of hydrogen-bond donors (Lipinski definition) is 1. The Kier molecular flexibility index (Phi) is 6.45. The molecule has 1 atom stereocenters. The first-order valence-electron chi connectivity index (χ1n) is 6.30. The van der Waals surface area contributed by atoms with Crippen LogP contribution < -0.4 is 5.32 Å². The minimum Gasteiger partial charge on any atom is -0.352 e. The van der Waals surface area contributed by atoms with Gasteiger partial charge < -0.3 is 5.32 Å². The molecule has 1 aliphatic rings. The molecule has 0 heterocycles. The van der Waals surface area contributed by atoms with Crippen LogP contribution in [0.4, 0.5) is 0 Å². The number of rotatable bonds is 3. The third kappa shape index (κ3) is 5.60. The summed E-state index contributed by atoms with van der Waals surface area (Å²) in [4.78, 5) is 11.6. The standard InChI is InChI=1S/C11H10Cl3NO.C3H8/c12-8-3-1-7(2-4-8)6-15-10(16)9-5-11(9,13)14;1-3-2/h1-4,9H,5-6H2,(H,15,16);3H2,1-2H3. The number of halogens is 3. The molecule has 1 aromatic rings. The van der Waals surface area contributed by atoms with Crippen LogP contribution in [0, 0.1) is 5.92 Å². The van der Waals surface area contributed by atoms with Gasteiger partial charge in [-0.3, -0.25) is 4.79 Å². The van der Waals surface area contributed by atoms with E-state index in [1.54, 1.807) is 12.1 Å². The van der Waals surface area contributed by atoms with Gasteiger partial charge in [0.1, 0.15) is 4.33 Å². The molecule has 0 aliphatic heterocycles. The van der Waals surface area contributed by atoms with Crippen molar-refractivity contribution in [2.24, 2.45) is 5.92 Å². The van der Waals surface area contributed by atoms with Crippen LogP contribution in [-0.2, 0) is 11.3 Å². The normalized spacial score (nSPS) is 19.1. The van der Waals surface area contributed by atoms with E-state index >= 15 is 0 Å². The molecule has 1 aromatic carbocycles. The van der Waals surface area contributed by atoms with Crippen molar-refractivity contribution in [1.82, 2.24) is 5.32 Å². The summed E-state index contributed by atoms with van der Waals surface area (Å²) < 4.78 is -0.857. The molecule has 1 amide bonds. The average Bonchev–Trinajstić information content (AvgIpc) is 2.99. The van der Waals surface area contributed by atoms with Gasteiger partial charge in [0.2, 0.25) is 5.91 Å². The topological polar surface area (TPSA) is 29.1 Å².